The molecule has 1 rings (SSSR count). The van der Waals surface area contributed by atoms with Gasteiger partial charge in [0.15, 0.2) is 0 Å². The van der Waals surface area contributed by atoms with Crippen molar-refractivity contribution in [1.82, 2.24) is 0 Å². The number of aliphatic hydroxyl groups excluding tert-OH is 1. The Hall–Kier alpha value is -0.490. The van der Waals surface area contributed by atoms with E-state index < -0.39 is 0 Å². The van der Waals surface area contributed by atoms with Gasteiger partial charge in [0.05, 0.1) is 12.1 Å². The smallest absolute Gasteiger partial charge is 0.0658 e. The van der Waals surface area contributed by atoms with E-state index in [1.54, 1.807) is 0 Å². The van der Waals surface area contributed by atoms with Gasteiger partial charge >= 0.3 is 0 Å². The average Bonchev–Trinajstić information content (AvgIpc) is 2.22. The predicted octanol–water partition coefficient (Wildman–Crippen LogP) is 2.45. The van der Waals surface area contributed by atoms with Crippen LogP contribution in [0.5, 0.6) is 0 Å². The molecule has 4 N–H and O–H groups in total. The maximum Gasteiger partial charge on any atom is 0.0658 e. The minimum Gasteiger partial charge on any atom is -0.399 e. The number of nitrogens with one attached hydrogen (secondary N) is 1. The Labute approximate surface area is 104 Å². The fraction of sp³-hybridized carbons (Fsp3) is 0.455. The summed E-state index contributed by atoms with van der Waals surface area (Å²) in [5.41, 5.74) is 7.18. The Morgan fingerprint density at radius 2 is 2.20 bits per heavy atom. The van der Waals surface area contributed by atoms with Gasteiger partial charge < -0.3 is 16.2 Å². The van der Waals surface area contributed by atoms with Crippen molar-refractivity contribution in [2.75, 3.05) is 17.7 Å². The Balaban J connectivity index is 2.89. The van der Waals surface area contributed by atoms with Gasteiger partial charge in [-0.2, -0.15) is 0 Å². The number of benzene rings is 1. The second-order valence-electron chi connectivity index (χ2n) is 3.94. The van der Waals surface area contributed by atoms with Crippen LogP contribution in [-0.2, 0) is 0 Å². The van der Waals surface area contributed by atoms with Crippen molar-refractivity contribution in [2.45, 2.75) is 25.8 Å². The van der Waals surface area contributed by atoms with Crippen LogP contribution in [0.15, 0.2) is 18.2 Å². The molecular weight excluding hydrogens is 303 g/mol. The molecule has 0 fully saturated rings. The van der Waals surface area contributed by atoms with Gasteiger partial charge in [0, 0.05) is 14.9 Å². The molecule has 0 amide bonds. The highest BCUT2D eigenvalue weighted by molar-refractivity contribution is 14.1. The summed E-state index contributed by atoms with van der Waals surface area (Å²) in [6.07, 6.45) is 0.865. The molecule has 0 bridgehead atoms. The highest BCUT2D eigenvalue weighted by atomic mass is 127. The number of rotatable bonds is 4. The molecule has 0 aliphatic heterocycles. The summed E-state index contributed by atoms with van der Waals surface area (Å²) in [5, 5.41) is 12.6. The van der Waals surface area contributed by atoms with Gasteiger partial charge in [-0.3, -0.25) is 0 Å². The molecule has 0 saturated carbocycles. The van der Waals surface area contributed by atoms with Crippen LogP contribution < -0.4 is 11.1 Å². The van der Waals surface area contributed by atoms with Crippen LogP contribution in [0.2, 0.25) is 0 Å². The predicted molar refractivity (Wildman–Crippen MR) is 73.0 cm³/mol. The number of nitrogen functional groups attached to an aromatic ring is 1. The molecule has 84 valence electrons. The Morgan fingerprint density at radius 1 is 1.53 bits per heavy atom. The molecule has 1 aromatic rings. The molecule has 1 atom stereocenters. The lowest BCUT2D eigenvalue weighted by atomic mass is 10.00. The topological polar surface area (TPSA) is 58.3 Å². The minimum absolute atomic E-state index is 0.115. The maximum absolute atomic E-state index is 9.30. The quantitative estimate of drug-likeness (QED) is 0.590. The molecule has 0 aliphatic carbocycles. The number of anilines is 2. The van der Waals surface area contributed by atoms with Crippen LogP contribution in [-0.4, -0.2) is 17.3 Å². The second-order valence-corrected chi connectivity index (χ2v) is 5.10. The van der Waals surface area contributed by atoms with Gasteiger partial charge in [-0.25, -0.2) is 0 Å². The summed E-state index contributed by atoms with van der Waals surface area (Å²) >= 11 is 2.23. The fourth-order valence-corrected chi connectivity index (χ4v) is 1.87. The highest BCUT2D eigenvalue weighted by Gasteiger charge is 2.21. The van der Waals surface area contributed by atoms with Crippen molar-refractivity contribution in [3.05, 3.63) is 21.8 Å². The molecule has 0 spiro atoms. The zero-order valence-electron chi connectivity index (χ0n) is 9.05. The molecule has 0 heterocycles. The molecule has 0 saturated heterocycles. The Morgan fingerprint density at radius 3 is 2.67 bits per heavy atom. The zero-order chi connectivity index (χ0) is 11.5. The first-order chi connectivity index (χ1) is 7.00. The van der Waals surface area contributed by atoms with Gasteiger partial charge in [-0.05, 0) is 54.1 Å². The molecule has 0 radical (unpaired) electrons. The number of nitrogens with two attached hydrogens (primary N) is 1. The first kappa shape index (κ1) is 12.6. The van der Waals surface area contributed by atoms with Crippen LogP contribution in [0.1, 0.15) is 20.3 Å². The lowest BCUT2D eigenvalue weighted by Crippen LogP contribution is -2.38. The van der Waals surface area contributed by atoms with E-state index in [2.05, 4.69) is 27.9 Å². The summed E-state index contributed by atoms with van der Waals surface area (Å²) < 4.78 is 1.07. The van der Waals surface area contributed by atoms with Crippen molar-refractivity contribution >= 4 is 34.0 Å². The lowest BCUT2D eigenvalue weighted by molar-refractivity contribution is 0.219. The van der Waals surface area contributed by atoms with Crippen molar-refractivity contribution in [3.63, 3.8) is 0 Å². The molecular formula is C11H17IN2O. The number of halogens is 1. The molecule has 15 heavy (non-hydrogen) atoms. The Kier molecular flexibility index (Phi) is 4.21. The van der Waals surface area contributed by atoms with Gasteiger partial charge in [0.2, 0.25) is 0 Å². The molecule has 0 aromatic heterocycles. The normalized spacial score (nSPS) is 14.7. The van der Waals surface area contributed by atoms with E-state index in [4.69, 9.17) is 5.73 Å². The summed E-state index contributed by atoms with van der Waals surface area (Å²) in [7, 11) is 0. The molecule has 0 aliphatic rings. The third-order valence-electron chi connectivity index (χ3n) is 2.56. The van der Waals surface area contributed by atoms with E-state index in [9.17, 15) is 5.11 Å². The largest absolute Gasteiger partial charge is 0.399 e. The van der Waals surface area contributed by atoms with Crippen molar-refractivity contribution < 1.29 is 5.11 Å². The summed E-state index contributed by atoms with van der Waals surface area (Å²) in [4.78, 5) is 0. The maximum atomic E-state index is 9.30. The number of aliphatic hydroxyl groups is 1. The van der Waals surface area contributed by atoms with Crippen molar-refractivity contribution in [3.8, 4) is 0 Å². The van der Waals surface area contributed by atoms with Crippen LogP contribution >= 0.6 is 22.6 Å². The monoisotopic (exact) mass is 320 g/mol. The third kappa shape index (κ3) is 3.24. The fourth-order valence-electron chi connectivity index (χ4n) is 1.20. The zero-order valence-corrected chi connectivity index (χ0v) is 11.2. The van der Waals surface area contributed by atoms with E-state index in [0.717, 1.165) is 21.4 Å². The summed E-state index contributed by atoms with van der Waals surface area (Å²) in [6, 6.07) is 5.72. The third-order valence-corrected chi connectivity index (χ3v) is 3.45. The standard InChI is InChI=1S/C11H17IN2O/c1-3-11(2,7-15)14-10-5-4-8(13)6-9(10)12/h4-6,14-15H,3,7,13H2,1-2H3. The highest BCUT2D eigenvalue weighted by Crippen LogP contribution is 2.25. The van der Waals surface area contributed by atoms with Crippen LogP contribution in [0.25, 0.3) is 0 Å². The second kappa shape index (κ2) is 5.03. The summed E-state index contributed by atoms with van der Waals surface area (Å²) in [6.45, 7) is 4.16. The molecule has 3 nitrogen and oxygen atoms in total. The first-order valence-corrected chi connectivity index (χ1v) is 6.02. The van der Waals surface area contributed by atoms with E-state index in [1.165, 1.54) is 0 Å². The minimum atomic E-state index is -0.268. The van der Waals surface area contributed by atoms with Crippen LogP contribution in [0.3, 0.4) is 0 Å². The van der Waals surface area contributed by atoms with Gasteiger partial charge in [-0.15, -0.1) is 0 Å². The van der Waals surface area contributed by atoms with Crippen LogP contribution in [0, 0.1) is 3.57 Å². The lowest BCUT2D eigenvalue weighted by Gasteiger charge is -2.29. The van der Waals surface area contributed by atoms with E-state index in [-0.39, 0.29) is 12.1 Å². The Bertz CT molecular complexity index is 337. The van der Waals surface area contributed by atoms with Gasteiger partial charge in [0.1, 0.15) is 0 Å². The van der Waals surface area contributed by atoms with E-state index >= 15 is 0 Å². The van der Waals surface area contributed by atoms with Gasteiger partial charge in [0.25, 0.3) is 0 Å². The van der Waals surface area contributed by atoms with E-state index in [0.29, 0.717) is 0 Å². The van der Waals surface area contributed by atoms with Crippen LogP contribution in [0.4, 0.5) is 11.4 Å². The van der Waals surface area contributed by atoms with E-state index in [1.807, 2.05) is 32.0 Å². The van der Waals surface area contributed by atoms with Crippen molar-refractivity contribution in [1.29, 1.82) is 0 Å². The molecule has 4 heteroatoms. The SMILES string of the molecule is CCC(C)(CO)Nc1ccc(N)cc1I. The van der Waals surface area contributed by atoms with Gasteiger partial charge in [-0.1, -0.05) is 6.92 Å². The first-order valence-electron chi connectivity index (χ1n) is 4.95. The number of hydrogen-bond acceptors (Lipinski definition) is 3. The molecule has 1 aromatic carbocycles. The summed E-state index contributed by atoms with van der Waals surface area (Å²) in [5.74, 6) is 0. The average molecular weight is 320 g/mol. The number of hydrogen-bond donors (Lipinski definition) is 3. The molecule has 1 unspecified atom stereocenters. The van der Waals surface area contributed by atoms with Crippen molar-refractivity contribution in [2.24, 2.45) is 0 Å².